The number of benzene rings is 1. The molecule has 1 aliphatic heterocycles. The fraction of sp³-hybridized carbons (Fsp3) is 0.588. The molecule has 1 unspecified atom stereocenters. The number of likely N-dealkylation sites (N-methyl/N-ethyl adjacent to an activating group) is 1. The lowest BCUT2D eigenvalue weighted by Crippen LogP contribution is -2.35. The van der Waals surface area contributed by atoms with Gasteiger partial charge < -0.3 is 15.0 Å². The minimum atomic E-state index is 0.142. The monoisotopic (exact) mass is 288 g/mol. The van der Waals surface area contributed by atoms with Gasteiger partial charge in [-0.15, -0.1) is 0 Å². The summed E-state index contributed by atoms with van der Waals surface area (Å²) in [5, 5.41) is 3.03. The molecule has 2 aliphatic rings. The van der Waals surface area contributed by atoms with Crippen LogP contribution in [-0.2, 0) is 9.53 Å². The molecule has 0 aromatic heterocycles. The van der Waals surface area contributed by atoms with Crippen LogP contribution in [0.5, 0.6) is 0 Å². The third-order valence-corrected chi connectivity index (χ3v) is 4.55. The van der Waals surface area contributed by atoms with Gasteiger partial charge in [-0.3, -0.25) is 4.79 Å². The van der Waals surface area contributed by atoms with Crippen molar-refractivity contribution in [3.63, 3.8) is 0 Å². The summed E-state index contributed by atoms with van der Waals surface area (Å²) in [6.45, 7) is 2.70. The Morgan fingerprint density at radius 3 is 2.62 bits per heavy atom. The molecule has 1 atom stereocenters. The van der Waals surface area contributed by atoms with E-state index in [1.165, 1.54) is 18.4 Å². The Morgan fingerprint density at radius 1 is 1.24 bits per heavy atom. The van der Waals surface area contributed by atoms with Crippen molar-refractivity contribution in [1.82, 2.24) is 4.90 Å². The highest BCUT2D eigenvalue weighted by molar-refractivity contribution is 5.92. The lowest BCUT2D eigenvalue weighted by atomic mass is 10.1. The summed E-state index contributed by atoms with van der Waals surface area (Å²) in [6, 6.07) is 8.10. The van der Waals surface area contributed by atoms with Crippen LogP contribution in [0.15, 0.2) is 24.3 Å². The van der Waals surface area contributed by atoms with Gasteiger partial charge in [0.25, 0.3) is 0 Å². The summed E-state index contributed by atoms with van der Waals surface area (Å²) in [5.74, 6) is 0.383. The summed E-state index contributed by atoms with van der Waals surface area (Å²) in [4.78, 5) is 14.4. The van der Waals surface area contributed by atoms with Crippen LogP contribution in [0, 0.1) is 5.92 Å². The maximum atomic E-state index is 12.1. The summed E-state index contributed by atoms with van der Waals surface area (Å²) in [5.41, 5.74) is 2.07. The average molecular weight is 288 g/mol. The van der Waals surface area contributed by atoms with Crippen LogP contribution in [0.4, 0.5) is 5.69 Å². The zero-order chi connectivity index (χ0) is 14.7. The average Bonchev–Trinajstić information content (AvgIpc) is 3.02. The maximum absolute atomic E-state index is 12.1. The smallest absolute Gasteiger partial charge is 0.227 e. The molecule has 21 heavy (non-hydrogen) atoms. The van der Waals surface area contributed by atoms with Crippen LogP contribution in [0.25, 0.3) is 0 Å². The molecule has 0 bridgehead atoms. The van der Waals surface area contributed by atoms with Gasteiger partial charge >= 0.3 is 0 Å². The number of nitrogens with one attached hydrogen (secondary N) is 1. The van der Waals surface area contributed by atoms with Crippen molar-refractivity contribution >= 4 is 11.6 Å². The van der Waals surface area contributed by atoms with Crippen LogP contribution < -0.4 is 5.32 Å². The molecule has 1 aromatic rings. The zero-order valence-corrected chi connectivity index (χ0v) is 12.7. The Labute approximate surface area is 126 Å². The fourth-order valence-corrected chi connectivity index (χ4v) is 3.19. The van der Waals surface area contributed by atoms with Gasteiger partial charge in [0.1, 0.15) is 0 Å². The highest BCUT2D eigenvalue weighted by Gasteiger charge is 2.23. The Hall–Kier alpha value is -1.39. The molecular weight excluding hydrogens is 264 g/mol. The molecule has 1 heterocycles. The number of anilines is 1. The van der Waals surface area contributed by atoms with Crippen LogP contribution in [-0.4, -0.2) is 37.6 Å². The van der Waals surface area contributed by atoms with E-state index in [4.69, 9.17) is 4.74 Å². The number of morpholine rings is 1. The second kappa shape index (κ2) is 6.58. The maximum Gasteiger partial charge on any atom is 0.227 e. The molecule has 1 saturated carbocycles. The van der Waals surface area contributed by atoms with Crippen molar-refractivity contribution in [3.8, 4) is 0 Å². The molecule has 114 valence electrons. The topological polar surface area (TPSA) is 41.6 Å². The largest absolute Gasteiger partial charge is 0.371 e. The molecule has 1 N–H and O–H groups in total. The van der Waals surface area contributed by atoms with E-state index in [9.17, 15) is 4.79 Å². The quantitative estimate of drug-likeness (QED) is 0.930. The first-order valence-corrected chi connectivity index (χ1v) is 7.93. The molecule has 0 radical (unpaired) electrons. The van der Waals surface area contributed by atoms with Crippen molar-refractivity contribution < 1.29 is 9.53 Å². The van der Waals surface area contributed by atoms with E-state index in [0.29, 0.717) is 0 Å². The number of carbonyl (C=O) groups is 1. The standard InChI is InChI=1S/C17H24N2O2/c1-19-10-11-21-16(12-19)13-6-8-15(9-7-13)18-17(20)14-4-2-3-5-14/h6-9,14,16H,2-5,10-12H2,1H3,(H,18,20). The first kappa shape index (κ1) is 14.5. The Kier molecular flexibility index (Phi) is 4.56. The van der Waals surface area contributed by atoms with Crippen molar-refractivity contribution in [2.75, 3.05) is 32.1 Å². The van der Waals surface area contributed by atoms with Crippen LogP contribution in [0.2, 0.25) is 0 Å². The highest BCUT2D eigenvalue weighted by Crippen LogP contribution is 2.27. The van der Waals surface area contributed by atoms with Gasteiger partial charge in [0.2, 0.25) is 5.91 Å². The SMILES string of the molecule is CN1CCOC(c2ccc(NC(=O)C3CCCC3)cc2)C1. The molecule has 1 amide bonds. The van der Waals surface area contributed by atoms with Gasteiger partial charge in [-0.1, -0.05) is 25.0 Å². The molecular formula is C17H24N2O2. The van der Waals surface area contributed by atoms with Gasteiger partial charge in [0.15, 0.2) is 0 Å². The number of nitrogens with zero attached hydrogens (tertiary/aromatic N) is 1. The minimum Gasteiger partial charge on any atom is -0.371 e. The summed E-state index contributed by atoms with van der Waals surface area (Å²) < 4.78 is 5.81. The second-order valence-corrected chi connectivity index (χ2v) is 6.21. The third kappa shape index (κ3) is 3.63. The Bertz CT molecular complexity index is 480. The Morgan fingerprint density at radius 2 is 1.95 bits per heavy atom. The number of hydrogen-bond donors (Lipinski definition) is 1. The van der Waals surface area contributed by atoms with Gasteiger partial charge in [0.05, 0.1) is 12.7 Å². The van der Waals surface area contributed by atoms with Crippen LogP contribution in [0.1, 0.15) is 37.4 Å². The van der Waals surface area contributed by atoms with Gasteiger partial charge in [0, 0.05) is 24.7 Å². The van der Waals surface area contributed by atoms with E-state index in [1.54, 1.807) is 0 Å². The number of rotatable bonds is 3. The summed E-state index contributed by atoms with van der Waals surface area (Å²) in [6.07, 6.45) is 4.58. The molecule has 1 aromatic carbocycles. The van der Waals surface area contributed by atoms with E-state index in [-0.39, 0.29) is 17.9 Å². The van der Waals surface area contributed by atoms with E-state index >= 15 is 0 Å². The molecule has 3 rings (SSSR count). The molecule has 4 heteroatoms. The lowest BCUT2D eigenvalue weighted by molar-refractivity contribution is -0.119. The number of hydrogen-bond acceptors (Lipinski definition) is 3. The third-order valence-electron chi connectivity index (χ3n) is 4.55. The fourth-order valence-electron chi connectivity index (χ4n) is 3.19. The van der Waals surface area contributed by atoms with Gasteiger partial charge in [-0.2, -0.15) is 0 Å². The molecule has 4 nitrogen and oxygen atoms in total. The first-order valence-electron chi connectivity index (χ1n) is 7.93. The molecule has 1 saturated heterocycles. The predicted octanol–water partition coefficient (Wildman–Crippen LogP) is 2.82. The van der Waals surface area contributed by atoms with Crippen molar-refractivity contribution in [1.29, 1.82) is 0 Å². The van der Waals surface area contributed by atoms with Crippen molar-refractivity contribution in [2.45, 2.75) is 31.8 Å². The van der Waals surface area contributed by atoms with Gasteiger partial charge in [-0.25, -0.2) is 0 Å². The van der Waals surface area contributed by atoms with Crippen molar-refractivity contribution in [2.24, 2.45) is 5.92 Å². The van der Waals surface area contributed by atoms with E-state index in [0.717, 1.165) is 38.2 Å². The number of amides is 1. The second-order valence-electron chi connectivity index (χ2n) is 6.21. The summed E-state index contributed by atoms with van der Waals surface area (Å²) in [7, 11) is 2.12. The number of carbonyl (C=O) groups excluding carboxylic acids is 1. The van der Waals surface area contributed by atoms with E-state index in [2.05, 4.69) is 29.4 Å². The molecule has 1 aliphatic carbocycles. The molecule has 0 spiro atoms. The van der Waals surface area contributed by atoms with Crippen LogP contribution in [0.3, 0.4) is 0 Å². The first-order chi connectivity index (χ1) is 10.2. The Balaban J connectivity index is 1.59. The highest BCUT2D eigenvalue weighted by atomic mass is 16.5. The summed E-state index contributed by atoms with van der Waals surface area (Å²) >= 11 is 0. The molecule has 2 fully saturated rings. The zero-order valence-electron chi connectivity index (χ0n) is 12.7. The number of ether oxygens (including phenoxy) is 1. The van der Waals surface area contributed by atoms with E-state index < -0.39 is 0 Å². The minimum absolute atomic E-state index is 0.142. The lowest BCUT2D eigenvalue weighted by Gasteiger charge is -2.30. The van der Waals surface area contributed by atoms with Crippen molar-refractivity contribution in [3.05, 3.63) is 29.8 Å². The van der Waals surface area contributed by atoms with Gasteiger partial charge in [-0.05, 0) is 37.6 Å². The van der Waals surface area contributed by atoms with Crippen LogP contribution >= 0.6 is 0 Å². The van der Waals surface area contributed by atoms with E-state index in [1.807, 2.05) is 12.1 Å². The predicted molar refractivity (Wildman–Crippen MR) is 83.2 cm³/mol. The normalized spacial score (nSPS) is 24.1.